The molecule has 2 saturated heterocycles. The quantitative estimate of drug-likeness (QED) is 0.493. The molecule has 32 heavy (non-hydrogen) atoms. The molecule has 0 radical (unpaired) electrons. The highest BCUT2D eigenvalue weighted by Crippen LogP contribution is 2.21. The van der Waals surface area contributed by atoms with E-state index in [0.29, 0.717) is 45.3 Å². The topological polar surface area (TPSA) is 128 Å². The van der Waals surface area contributed by atoms with Gasteiger partial charge >= 0.3 is 18.0 Å². The Morgan fingerprint density at radius 2 is 1.69 bits per heavy atom. The van der Waals surface area contributed by atoms with E-state index in [-0.39, 0.29) is 36.4 Å². The zero-order valence-corrected chi connectivity index (χ0v) is 19.8. The Hall–Kier alpha value is -2.36. The molecule has 0 aliphatic carbocycles. The van der Waals surface area contributed by atoms with E-state index < -0.39 is 23.7 Å². The van der Waals surface area contributed by atoms with Crippen molar-refractivity contribution < 1.29 is 29.0 Å². The van der Waals surface area contributed by atoms with Gasteiger partial charge < -0.3 is 30.3 Å². The molecule has 2 aliphatic rings. The molecule has 3 amide bonds. The maximum absolute atomic E-state index is 13.0. The third-order valence-corrected chi connectivity index (χ3v) is 5.77. The van der Waals surface area contributed by atoms with Crippen molar-refractivity contribution in [2.24, 2.45) is 5.92 Å². The van der Waals surface area contributed by atoms with Crippen LogP contribution in [0.4, 0.5) is 4.79 Å². The van der Waals surface area contributed by atoms with Crippen molar-refractivity contribution in [3.05, 3.63) is 0 Å². The number of nitrogens with one attached hydrogen (secondary N) is 2. The second-order valence-electron chi connectivity index (χ2n) is 9.93. The molecule has 0 bridgehead atoms. The molecule has 2 atom stereocenters. The molecule has 0 aromatic heterocycles. The molecule has 2 rings (SSSR count). The number of rotatable bonds is 7. The standard InChI is InChI=1S/C22H38N4O6/c1-14(2)18(19(28)26-10-6-7-16(26)20(29)30)24-21(31)25-11-8-15(9-12-25)23-13-17(27)32-22(3,4)5/h14-16,18,23H,6-13H2,1-5H3,(H,24,31)(H,29,30)/t16-,18-/m0/s1. The van der Waals surface area contributed by atoms with Crippen LogP contribution >= 0.6 is 0 Å². The molecular weight excluding hydrogens is 416 g/mol. The van der Waals surface area contributed by atoms with E-state index in [4.69, 9.17) is 4.74 Å². The average Bonchev–Trinajstić information content (AvgIpc) is 3.19. The van der Waals surface area contributed by atoms with Gasteiger partial charge in [-0.05, 0) is 52.4 Å². The fraction of sp³-hybridized carbons (Fsp3) is 0.818. The molecule has 0 aromatic rings. The molecule has 10 nitrogen and oxygen atoms in total. The third kappa shape index (κ3) is 7.36. The molecule has 0 saturated carbocycles. The third-order valence-electron chi connectivity index (χ3n) is 5.77. The van der Waals surface area contributed by atoms with Crippen LogP contribution in [0.2, 0.25) is 0 Å². The first-order valence-electron chi connectivity index (χ1n) is 11.4. The summed E-state index contributed by atoms with van der Waals surface area (Å²) in [5.74, 6) is -1.83. The van der Waals surface area contributed by atoms with Gasteiger partial charge in [0.25, 0.3) is 0 Å². The number of aliphatic carboxylic acids is 1. The largest absolute Gasteiger partial charge is 0.480 e. The number of ether oxygens (including phenoxy) is 1. The number of amides is 3. The Bertz CT molecular complexity index is 697. The zero-order chi connectivity index (χ0) is 24.1. The van der Waals surface area contributed by atoms with Crippen LogP contribution in [0.3, 0.4) is 0 Å². The van der Waals surface area contributed by atoms with Crippen molar-refractivity contribution in [1.82, 2.24) is 20.4 Å². The normalized spacial score (nSPS) is 20.9. The fourth-order valence-electron chi connectivity index (χ4n) is 4.10. The maximum Gasteiger partial charge on any atom is 0.326 e. The first-order chi connectivity index (χ1) is 14.9. The lowest BCUT2D eigenvalue weighted by Crippen LogP contribution is -2.57. The lowest BCUT2D eigenvalue weighted by molar-refractivity contribution is -0.153. The molecule has 182 valence electrons. The van der Waals surface area contributed by atoms with Crippen LogP contribution in [0.15, 0.2) is 0 Å². The summed E-state index contributed by atoms with van der Waals surface area (Å²) in [6.45, 7) is 10.6. The molecule has 2 heterocycles. The molecule has 0 aromatic carbocycles. The summed E-state index contributed by atoms with van der Waals surface area (Å²) in [5.41, 5.74) is -0.524. The van der Waals surface area contributed by atoms with Crippen LogP contribution in [0.25, 0.3) is 0 Å². The number of hydrogen-bond acceptors (Lipinski definition) is 6. The Morgan fingerprint density at radius 1 is 1.06 bits per heavy atom. The lowest BCUT2D eigenvalue weighted by atomic mass is 10.0. The zero-order valence-electron chi connectivity index (χ0n) is 19.8. The molecule has 2 fully saturated rings. The van der Waals surface area contributed by atoms with Gasteiger partial charge in [-0.25, -0.2) is 9.59 Å². The monoisotopic (exact) mass is 454 g/mol. The second kappa shape index (κ2) is 11.0. The Kier molecular flexibility index (Phi) is 8.89. The fourth-order valence-corrected chi connectivity index (χ4v) is 4.10. The Labute approximate surface area is 190 Å². The maximum atomic E-state index is 13.0. The van der Waals surface area contributed by atoms with Gasteiger partial charge in [0.1, 0.15) is 17.7 Å². The lowest BCUT2D eigenvalue weighted by Gasteiger charge is -2.35. The number of carboxylic acids is 1. The Morgan fingerprint density at radius 3 is 2.22 bits per heavy atom. The minimum absolute atomic E-state index is 0.107. The molecule has 0 spiro atoms. The number of carboxylic acid groups (broad SMARTS) is 1. The van der Waals surface area contributed by atoms with Crippen LogP contribution in [-0.4, -0.2) is 88.7 Å². The summed E-state index contributed by atoms with van der Waals surface area (Å²) in [7, 11) is 0. The number of hydrogen-bond donors (Lipinski definition) is 3. The van der Waals surface area contributed by atoms with Crippen LogP contribution in [0.1, 0.15) is 60.3 Å². The summed E-state index contributed by atoms with van der Waals surface area (Å²) in [6.07, 6.45) is 2.45. The van der Waals surface area contributed by atoms with Crippen molar-refractivity contribution in [1.29, 1.82) is 0 Å². The van der Waals surface area contributed by atoms with Crippen LogP contribution in [-0.2, 0) is 19.1 Å². The van der Waals surface area contributed by atoms with E-state index in [1.807, 2.05) is 34.6 Å². The van der Waals surface area contributed by atoms with Gasteiger partial charge in [0.05, 0.1) is 6.54 Å². The van der Waals surface area contributed by atoms with Gasteiger partial charge in [-0.15, -0.1) is 0 Å². The number of piperidine rings is 1. The summed E-state index contributed by atoms with van der Waals surface area (Å²) in [4.78, 5) is 52.2. The van der Waals surface area contributed by atoms with Crippen molar-refractivity contribution in [3.63, 3.8) is 0 Å². The molecule has 3 N–H and O–H groups in total. The summed E-state index contributed by atoms with van der Waals surface area (Å²) in [5, 5.41) is 15.4. The van der Waals surface area contributed by atoms with Crippen LogP contribution in [0, 0.1) is 5.92 Å². The number of likely N-dealkylation sites (tertiary alicyclic amines) is 2. The number of carbonyl (C=O) groups excluding carboxylic acids is 3. The highest BCUT2D eigenvalue weighted by Gasteiger charge is 2.39. The van der Waals surface area contributed by atoms with Crippen molar-refractivity contribution >= 4 is 23.9 Å². The molecule has 2 aliphatic heterocycles. The van der Waals surface area contributed by atoms with E-state index >= 15 is 0 Å². The van der Waals surface area contributed by atoms with Gasteiger partial charge in [-0.3, -0.25) is 9.59 Å². The highest BCUT2D eigenvalue weighted by atomic mass is 16.6. The van der Waals surface area contributed by atoms with Crippen LogP contribution < -0.4 is 10.6 Å². The molecule has 10 heteroatoms. The predicted octanol–water partition coefficient (Wildman–Crippen LogP) is 1.19. The van der Waals surface area contributed by atoms with Gasteiger partial charge in [0.2, 0.25) is 5.91 Å². The van der Waals surface area contributed by atoms with E-state index in [9.17, 15) is 24.3 Å². The van der Waals surface area contributed by atoms with Gasteiger partial charge in [0.15, 0.2) is 0 Å². The van der Waals surface area contributed by atoms with Gasteiger partial charge in [0, 0.05) is 25.7 Å². The minimum atomic E-state index is -1.01. The number of urea groups is 1. The summed E-state index contributed by atoms with van der Waals surface area (Å²) in [6, 6.07) is -1.82. The second-order valence-corrected chi connectivity index (χ2v) is 9.93. The predicted molar refractivity (Wildman–Crippen MR) is 118 cm³/mol. The number of esters is 1. The first-order valence-corrected chi connectivity index (χ1v) is 11.4. The smallest absolute Gasteiger partial charge is 0.326 e. The average molecular weight is 455 g/mol. The van der Waals surface area contributed by atoms with E-state index in [1.165, 1.54) is 4.90 Å². The first kappa shape index (κ1) is 25.9. The summed E-state index contributed by atoms with van der Waals surface area (Å²) < 4.78 is 5.29. The van der Waals surface area contributed by atoms with Gasteiger partial charge in [-0.2, -0.15) is 0 Å². The minimum Gasteiger partial charge on any atom is -0.480 e. The van der Waals surface area contributed by atoms with Gasteiger partial charge in [-0.1, -0.05) is 13.8 Å². The molecular formula is C22H38N4O6. The SMILES string of the molecule is CC(C)[C@H](NC(=O)N1CCC(NCC(=O)OC(C)(C)C)CC1)C(=O)N1CCC[C@H]1C(=O)O. The van der Waals surface area contributed by atoms with Crippen molar-refractivity contribution in [2.75, 3.05) is 26.2 Å². The number of carbonyl (C=O) groups is 4. The van der Waals surface area contributed by atoms with E-state index in [0.717, 1.165) is 0 Å². The molecule has 0 unspecified atom stereocenters. The van der Waals surface area contributed by atoms with E-state index in [2.05, 4.69) is 10.6 Å². The Balaban J connectivity index is 1.84. The number of nitrogens with zero attached hydrogens (tertiary/aromatic N) is 2. The van der Waals surface area contributed by atoms with Crippen molar-refractivity contribution in [2.45, 2.75) is 84.0 Å². The summed E-state index contributed by atoms with van der Waals surface area (Å²) >= 11 is 0. The highest BCUT2D eigenvalue weighted by molar-refractivity contribution is 5.90. The van der Waals surface area contributed by atoms with Crippen LogP contribution in [0.5, 0.6) is 0 Å². The van der Waals surface area contributed by atoms with Crippen molar-refractivity contribution in [3.8, 4) is 0 Å². The van der Waals surface area contributed by atoms with E-state index in [1.54, 1.807) is 4.90 Å².